The van der Waals surface area contributed by atoms with Crippen LogP contribution in [0.15, 0.2) is 36.9 Å². The van der Waals surface area contributed by atoms with Gasteiger partial charge < -0.3 is 10.1 Å². The van der Waals surface area contributed by atoms with E-state index in [0.717, 1.165) is 41.0 Å². The fraction of sp³-hybridized carbons (Fsp3) is 0.400. The highest BCUT2D eigenvalue weighted by Gasteiger charge is 2.19. The van der Waals surface area contributed by atoms with Crippen LogP contribution in [0.3, 0.4) is 0 Å². The Balaban J connectivity index is 1.77. The van der Waals surface area contributed by atoms with Crippen molar-refractivity contribution >= 4 is 11.0 Å². The van der Waals surface area contributed by atoms with Crippen molar-refractivity contribution in [1.82, 2.24) is 34.5 Å². The highest BCUT2D eigenvalue weighted by Crippen LogP contribution is 2.29. The van der Waals surface area contributed by atoms with Crippen molar-refractivity contribution in [2.75, 3.05) is 6.61 Å². The van der Waals surface area contributed by atoms with E-state index in [1.54, 1.807) is 17.1 Å². The van der Waals surface area contributed by atoms with Crippen LogP contribution < -0.4 is 0 Å². The minimum Gasteiger partial charge on any atom is -0.394 e. The summed E-state index contributed by atoms with van der Waals surface area (Å²) in [6.07, 6.45) is 8.29. The molecule has 0 aliphatic heterocycles. The van der Waals surface area contributed by atoms with Crippen molar-refractivity contribution in [2.24, 2.45) is 5.41 Å². The first-order valence-corrected chi connectivity index (χ1v) is 9.45. The van der Waals surface area contributed by atoms with Crippen LogP contribution in [0.1, 0.15) is 27.2 Å². The summed E-state index contributed by atoms with van der Waals surface area (Å²) in [7, 11) is 0. The molecule has 28 heavy (non-hydrogen) atoms. The largest absolute Gasteiger partial charge is 0.394 e. The molecule has 4 aromatic heterocycles. The summed E-state index contributed by atoms with van der Waals surface area (Å²) < 4.78 is 3.67. The fourth-order valence-corrected chi connectivity index (χ4v) is 3.11. The lowest BCUT2D eigenvalue weighted by Crippen LogP contribution is -2.12. The predicted octanol–water partition coefficient (Wildman–Crippen LogP) is 3.11. The molecular weight excluding hydrogens is 354 g/mol. The molecule has 0 amide bonds. The van der Waals surface area contributed by atoms with Crippen LogP contribution >= 0.6 is 0 Å². The van der Waals surface area contributed by atoms with Gasteiger partial charge in [-0.15, -0.1) is 0 Å². The van der Waals surface area contributed by atoms with E-state index < -0.39 is 0 Å². The van der Waals surface area contributed by atoms with Gasteiger partial charge in [0.2, 0.25) is 0 Å². The topological polar surface area (TPSA) is 97.4 Å². The maximum atomic E-state index is 9.11. The van der Waals surface area contributed by atoms with Crippen LogP contribution in [0.25, 0.3) is 33.8 Å². The molecule has 0 spiro atoms. The molecule has 0 saturated heterocycles. The van der Waals surface area contributed by atoms with Gasteiger partial charge in [-0.1, -0.05) is 20.8 Å². The Morgan fingerprint density at radius 3 is 2.86 bits per heavy atom. The number of hydrogen-bond donors (Lipinski definition) is 2. The first-order chi connectivity index (χ1) is 13.4. The number of nitrogens with zero attached hydrogens (tertiary/aromatic N) is 6. The SMILES string of the molecule is CC(C)(C)CCn1nc(-c2cnn(CCO)c2)nc1-c1c[nH]c2ncccc12. The smallest absolute Gasteiger partial charge is 0.184 e. The van der Waals surface area contributed by atoms with Crippen LogP contribution in [0, 0.1) is 5.41 Å². The van der Waals surface area contributed by atoms with Crippen molar-refractivity contribution in [2.45, 2.75) is 40.3 Å². The number of nitrogens with one attached hydrogen (secondary N) is 1. The molecule has 4 aromatic rings. The third-order valence-electron chi connectivity index (χ3n) is 4.66. The molecule has 8 heteroatoms. The zero-order valence-electron chi connectivity index (χ0n) is 16.4. The Morgan fingerprint density at radius 2 is 2.07 bits per heavy atom. The number of aromatic nitrogens is 7. The molecule has 0 atom stereocenters. The third kappa shape index (κ3) is 3.68. The van der Waals surface area contributed by atoms with E-state index in [1.165, 1.54) is 0 Å². The van der Waals surface area contributed by atoms with E-state index in [4.69, 9.17) is 15.2 Å². The zero-order chi connectivity index (χ0) is 19.7. The summed E-state index contributed by atoms with van der Waals surface area (Å²) in [6, 6.07) is 3.96. The minimum absolute atomic E-state index is 0.0438. The Bertz CT molecular complexity index is 1080. The number of aliphatic hydroxyl groups is 1. The molecule has 0 aliphatic carbocycles. The normalized spacial score (nSPS) is 12.1. The van der Waals surface area contributed by atoms with Gasteiger partial charge in [0, 0.05) is 36.1 Å². The van der Waals surface area contributed by atoms with Gasteiger partial charge in [-0.2, -0.15) is 10.2 Å². The number of rotatable bonds is 6. The second-order valence-corrected chi connectivity index (χ2v) is 8.11. The Morgan fingerprint density at radius 1 is 1.21 bits per heavy atom. The minimum atomic E-state index is 0.0438. The first-order valence-electron chi connectivity index (χ1n) is 9.45. The molecule has 0 radical (unpaired) electrons. The molecule has 8 nitrogen and oxygen atoms in total. The Kier molecular flexibility index (Phi) is 4.72. The molecule has 4 heterocycles. The molecule has 4 rings (SSSR count). The molecule has 0 fully saturated rings. The van der Waals surface area contributed by atoms with Crippen LogP contribution in [-0.4, -0.2) is 46.2 Å². The van der Waals surface area contributed by atoms with Gasteiger partial charge in [-0.25, -0.2) is 14.6 Å². The summed E-state index contributed by atoms with van der Waals surface area (Å²) in [5, 5.41) is 19.2. The van der Waals surface area contributed by atoms with E-state index in [1.807, 2.05) is 29.2 Å². The standard InChI is InChI=1S/C20H25N7O/c1-20(2,3)6-8-27-19(16-12-22-18-15(16)5-4-7-21-18)24-17(25-27)14-11-23-26(13-14)9-10-28/h4-5,7,11-13,28H,6,8-10H2,1-3H3,(H,21,22). The monoisotopic (exact) mass is 379 g/mol. The average molecular weight is 379 g/mol. The van der Waals surface area contributed by atoms with Crippen molar-refractivity contribution < 1.29 is 5.11 Å². The lowest BCUT2D eigenvalue weighted by molar-refractivity contribution is 0.269. The van der Waals surface area contributed by atoms with Crippen LogP contribution in [0.2, 0.25) is 0 Å². The van der Waals surface area contributed by atoms with Crippen molar-refractivity contribution in [3.8, 4) is 22.8 Å². The zero-order valence-corrected chi connectivity index (χ0v) is 16.4. The van der Waals surface area contributed by atoms with E-state index in [0.29, 0.717) is 12.4 Å². The van der Waals surface area contributed by atoms with E-state index in [2.05, 4.69) is 35.8 Å². The van der Waals surface area contributed by atoms with Gasteiger partial charge in [0.15, 0.2) is 11.6 Å². The quantitative estimate of drug-likeness (QED) is 0.536. The maximum Gasteiger partial charge on any atom is 0.184 e. The average Bonchev–Trinajstić information content (AvgIpc) is 3.37. The summed E-state index contributed by atoms with van der Waals surface area (Å²) in [5.41, 5.74) is 2.85. The molecule has 0 bridgehead atoms. The van der Waals surface area contributed by atoms with Crippen LogP contribution in [-0.2, 0) is 13.1 Å². The predicted molar refractivity (Wildman–Crippen MR) is 107 cm³/mol. The van der Waals surface area contributed by atoms with E-state index in [9.17, 15) is 0 Å². The molecule has 0 aliphatic rings. The van der Waals surface area contributed by atoms with Crippen molar-refractivity contribution in [1.29, 1.82) is 0 Å². The summed E-state index contributed by atoms with van der Waals surface area (Å²) in [6.45, 7) is 7.93. The Hall–Kier alpha value is -3.00. The van der Waals surface area contributed by atoms with Crippen molar-refractivity contribution in [3.63, 3.8) is 0 Å². The first kappa shape index (κ1) is 18.4. The van der Waals surface area contributed by atoms with Gasteiger partial charge in [-0.05, 0) is 24.0 Å². The third-order valence-corrected chi connectivity index (χ3v) is 4.66. The number of hydrogen-bond acceptors (Lipinski definition) is 5. The van der Waals surface area contributed by atoms with Gasteiger partial charge in [0.25, 0.3) is 0 Å². The van der Waals surface area contributed by atoms with Gasteiger partial charge in [0.1, 0.15) is 5.65 Å². The number of H-pyrrole nitrogens is 1. The van der Waals surface area contributed by atoms with E-state index >= 15 is 0 Å². The highest BCUT2D eigenvalue weighted by atomic mass is 16.3. The second kappa shape index (κ2) is 7.20. The van der Waals surface area contributed by atoms with Gasteiger partial charge >= 0.3 is 0 Å². The fourth-order valence-electron chi connectivity index (χ4n) is 3.11. The molecule has 146 valence electrons. The van der Waals surface area contributed by atoms with Gasteiger partial charge in [-0.3, -0.25) is 4.68 Å². The molecule has 2 N–H and O–H groups in total. The summed E-state index contributed by atoms with van der Waals surface area (Å²) >= 11 is 0. The lowest BCUT2D eigenvalue weighted by Gasteiger charge is -2.18. The Labute approximate surface area is 163 Å². The summed E-state index contributed by atoms with van der Waals surface area (Å²) in [5.74, 6) is 1.44. The molecule has 0 aromatic carbocycles. The number of fused-ring (bicyclic) bond motifs is 1. The molecule has 0 saturated carbocycles. The maximum absolute atomic E-state index is 9.11. The lowest BCUT2D eigenvalue weighted by atomic mass is 9.92. The van der Waals surface area contributed by atoms with Crippen LogP contribution in [0.4, 0.5) is 0 Å². The van der Waals surface area contributed by atoms with Crippen molar-refractivity contribution in [3.05, 3.63) is 36.9 Å². The molecular formula is C20H25N7O. The molecule has 0 unspecified atom stereocenters. The number of aromatic amines is 1. The highest BCUT2D eigenvalue weighted by molar-refractivity contribution is 5.91. The van der Waals surface area contributed by atoms with Gasteiger partial charge in [0.05, 0.1) is 24.9 Å². The number of aryl methyl sites for hydroxylation is 1. The summed E-state index contributed by atoms with van der Waals surface area (Å²) in [4.78, 5) is 12.4. The van der Waals surface area contributed by atoms with E-state index in [-0.39, 0.29) is 12.0 Å². The number of pyridine rings is 1. The number of aliphatic hydroxyl groups excluding tert-OH is 1. The van der Waals surface area contributed by atoms with Crippen LogP contribution in [0.5, 0.6) is 0 Å². The second-order valence-electron chi connectivity index (χ2n) is 8.11.